The number of halogens is 1. The molecular weight excluding hydrogens is 258 g/mol. The van der Waals surface area contributed by atoms with E-state index in [1.165, 1.54) is 0 Å². The predicted molar refractivity (Wildman–Crippen MR) is 80.6 cm³/mol. The highest BCUT2D eigenvalue weighted by molar-refractivity contribution is 6.31. The topological polar surface area (TPSA) is 41.6 Å². The summed E-state index contributed by atoms with van der Waals surface area (Å²) < 4.78 is 0. The number of hydrogen-bond donors (Lipinski definition) is 1. The second-order valence-electron chi connectivity index (χ2n) is 4.25. The Morgan fingerprint density at radius 1 is 1.11 bits per heavy atom. The van der Waals surface area contributed by atoms with E-state index >= 15 is 0 Å². The van der Waals surface area contributed by atoms with Crippen LogP contribution in [0.25, 0.3) is 0 Å². The third kappa shape index (κ3) is 3.73. The van der Waals surface area contributed by atoms with Gasteiger partial charge in [-0.3, -0.25) is 0 Å². The Kier molecular flexibility index (Phi) is 4.42. The molecule has 0 heterocycles. The van der Waals surface area contributed by atoms with Crippen molar-refractivity contribution >= 4 is 23.2 Å². The number of para-hydroxylation sites is 1. The molecule has 4 heteroatoms. The van der Waals surface area contributed by atoms with Crippen LogP contribution in [0, 0.1) is 0 Å². The van der Waals surface area contributed by atoms with Gasteiger partial charge in [0.15, 0.2) is 5.96 Å². The number of nitrogens with two attached hydrogens (primary N) is 1. The largest absolute Gasteiger partial charge is 0.369 e. The van der Waals surface area contributed by atoms with Crippen LogP contribution in [0.15, 0.2) is 59.6 Å². The van der Waals surface area contributed by atoms with Crippen molar-refractivity contribution in [3.05, 3.63) is 65.2 Å². The van der Waals surface area contributed by atoms with Gasteiger partial charge in [0.25, 0.3) is 0 Å². The van der Waals surface area contributed by atoms with Crippen LogP contribution in [-0.2, 0) is 6.54 Å². The first-order chi connectivity index (χ1) is 9.16. The first-order valence-electron chi connectivity index (χ1n) is 6.00. The Labute approximate surface area is 118 Å². The summed E-state index contributed by atoms with van der Waals surface area (Å²) in [4.78, 5) is 6.23. The highest BCUT2D eigenvalue weighted by Crippen LogP contribution is 2.17. The van der Waals surface area contributed by atoms with Crippen molar-refractivity contribution < 1.29 is 0 Å². The molecule has 0 amide bonds. The van der Waals surface area contributed by atoms with Gasteiger partial charge < -0.3 is 10.6 Å². The monoisotopic (exact) mass is 273 g/mol. The molecule has 2 aromatic carbocycles. The van der Waals surface area contributed by atoms with Gasteiger partial charge in [-0.1, -0.05) is 48.0 Å². The van der Waals surface area contributed by atoms with Gasteiger partial charge in [0.2, 0.25) is 0 Å². The zero-order chi connectivity index (χ0) is 13.7. The lowest BCUT2D eigenvalue weighted by atomic mass is 10.2. The van der Waals surface area contributed by atoms with Crippen LogP contribution < -0.4 is 5.73 Å². The van der Waals surface area contributed by atoms with E-state index in [-0.39, 0.29) is 0 Å². The Morgan fingerprint density at radius 2 is 1.74 bits per heavy atom. The summed E-state index contributed by atoms with van der Waals surface area (Å²) in [6, 6.07) is 17.4. The molecule has 0 atom stereocenters. The van der Waals surface area contributed by atoms with Crippen molar-refractivity contribution in [2.75, 3.05) is 7.05 Å². The minimum absolute atomic E-state index is 0.464. The molecule has 3 nitrogen and oxygen atoms in total. The standard InChI is InChI=1S/C15H16ClN3/c1-19(11-12-7-5-6-10-14(12)16)15(17)18-13-8-3-2-4-9-13/h2-10H,11H2,1H3,(H2,17,18). The van der Waals surface area contributed by atoms with Crippen molar-refractivity contribution in [3.63, 3.8) is 0 Å². The van der Waals surface area contributed by atoms with E-state index in [2.05, 4.69) is 4.99 Å². The fourth-order valence-corrected chi connectivity index (χ4v) is 1.88. The molecule has 19 heavy (non-hydrogen) atoms. The van der Waals surface area contributed by atoms with E-state index in [0.29, 0.717) is 12.5 Å². The van der Waals surface area contributed by atoms with Crippen LogP contribution in [-0.4, -0.2) is 17.9 Å². The van der Waals surface area contributed by atoms with Gasteiger partial charge in [0, 0.05) is 18.6 Å². The summed E-state index contributed by atoms with van der Waals surface area (Å²) in [6.45, 7) is 0.627. The van der Waals surface area contributed by atoms with Gasteiger partial charge in [-0.15, -0.1) is 0 Å². The molecule has 0 saturated carbocycles. The third-order valence-corrected chi connectivity index (χ3v) is 3.13. The molecule has 0 spiro atoms. The molecule has 0 saturated heterocycles. The van der Waals surface area contributed by atoms with Gasteiger partial charge in [-0.25, -0.2) is 4.99 Å². The number of hydrogen-bond acceptors (Lipinski definition) is 1. The number of nitrogens with zero attached hydrogens (tertiary/aromatic N) is 2. The van der Waals surface area contributed by atoms with Gasteiger partial charge in [-0.05, 0) is 23.8 Å². The lowest BCUT2D eigenvalue weighted by molar-refractivity contribution is 0.495. The highest BCUT2D eigenvalue weighted by atomic mass is 35.5. The predicted octanol–water partition coefficient (Wildman–Crippen LogP) is 3.42. The van der Waals surface area contributed by atoms with E-state index < -0.39 is 0 Å². The number of aliphatic imine (C=N–C) groups is 1. The molecule has 0 aromatic heterocycles. The van der Waals surface area contributed by atoms with E-state index in [4.69, 9.17) is 17.3 Å². The number of benzene rings is 2. The maximum atomic E-state index is 6.13. The molecule has 0 bridgehead atoms. The molecule has 0 aliphatic rings. The average Bonchev–Trinajstić information content (AvgIpc) is 2.42. The van der Waals surface area contributed by atoms with Gasteiger partial charge in [-0.2, -0.15) is 0 Å². The molecule has 0 fully saturated rings. The summed E-state index contributed by atoms with van der Waals surface area (Å²) >= 11 is 6.13. The molecule has 0 aliphatic heterocycles. The Hall–Kier alpha value is -2.00. The normalized spacial score (nSPS) is 11.4. The molecule has 2 rings (SSSR count). The fourth-order valence-electron chi connectivity index (χ4n) is 1.68. The summed E-state index contributed by atoms with van der Waals surface area (Å²) in [5.74, 6) is 0.464. The molecule has 98 valence electrons. The zero-order valence-electron chi connectivity index (χ0n) is 10.8. The van der Waals surface area contributed by atoms with Crippen LogP contribution in [0.3, 0.4) is 0 Å². The van der Waals surface area contributed by atoms with E-state index in [0.717, 1.165) is 16.3 Å². The quantitative estimate of drug-likeness (QED) is 0.688. The average molecular weight is 274 g/mol. The second kappa shape index (κ2) is 6.25. The minimum atomic E-state index is 0.464. The minimum Gasteiger partial charge on any atom is -0.369 e. The first-order valence-corrected chi connectivity index (χ1v) is 6.38. The second-order valence-corrected chi connectivity index (χ2v) is 4.66. The van der Waals surface area contributed by atoms with E-state index in [1.54, 1.807) is 0 Å². The van der Waals surface area contributed by atoms with Crippen LogP contribution in [0.1, 0.15) is 5.56 Å². The summed E-state index contributed by atoms with van der Waals surface area (Å²) in [6.07, 6.45) is 0. The first kappa shape index (κ1) is 13.4. The van der Waals surface area contributed by atoms with Crippen molar-refractivity contribution in [2.45, 2.75) is 6.54 Å². The Morgan fingerprint density at radius 3 is 2.42 bits per heavy atom. The Bertz CT molecular complexity index is 567. The summed E-state index contributed by atoms with van der Waals surface area (Å²) in [7, 11) is 1.89. The van der Waals surface area contributed by atoms with Crippen LogP contribution in [0.2, 0.25) is 5.02 Å². The highest BCUT2D eigenvalue weighted by Gasteiger charge is 2.06. The number of guanidine groups is 1. The van der Waals surface area contributed by atoms with Crippen LogP contribution in [0.5, 0.6) is 0 Å². The lowest BCUT2D eigenvalue weighted by Gasteiger charge is -2.18. The maximum Gasteiger partial charge on any atom is 0.196 e. The molecular formula is C15H16ClN3. The van der Waals surface area contributed by atoms with Crippen LogP contribution in [0.4, 0.5) is 5.69 Å². The molecule has 2 aromatic rings. The fraction of sp³-hybridized carbons (Fsp3) is 0.133. The van der Waals surface area contributed by atoms with Gasteiger partial charge in [0.1, 0.15) is 0 Å². The third-order valence-electron chi connectivity index (χ3n) is 2.76. The number of rotatable bonds is 3. The van der Waals surface area contributed by atoms with E-state index in [1.807, 2.05) is 66.5 Å². The summed E-state index contributed by atoms with van der Waals surface area (Å²) in [5.41, 5.74) is 7.84. The molecule has 2 N–H and O–H groups in total. The SMILES string of the molecule is CN(Cc1ccccc1Cl)C(N)=Nc1ccccc1. The van der Waals surface area contributed by atoms with Crippen molar-refractivity contribution in [1.82, 2.24) is 4.90 Å². The molecule has 0 unspecified atom stereocenters. The van der Waals surface area contributed by atoms with Crippen LogP contribution >= 0.6 is 11.6 Å². The maximum absolute atomic E-state index is 6.13. The van der Waals surface area contributed by atoms with Gasteiger partial charge >= 0.3 is 0 Å². The summed E-state index contributed by atoms with van der Waals surface area (Å²) in [5, 5.41) is 0.738. The molecule has 0 radical (unpaired) electrons. The van der Waals surface area contributed by atoms with Crippen molar-refractivity contribution in [3.8, 4) is 0 Å². The zero-order valence-corrected chi connectivity index (χ0v) is 11.5. The van der Waals surface area contributed by atoms with E-state index in [9.17, 15) is 0 Å². The smallest absolute Gasteiger partial charge is 0.196 e. The lowest BCUT2D eigenvalue weighted by Crippen LogP contribution is -2.33. The van der Waals surface area contributed by atoms with Crippen molar-refractivity contribution in [1.29, 1.82) is 0 Å². The van der Waals surface area contributed by atoms with Gasteiger partial charge in [0.05, 0.1) is 5.69 Å². The molecule has 0 aliphatic carbocycles. The van der Waals surface area contributed by atoms with Crippen molar-refractivity contribution in [2.24, 2.45) is 10.7 Å². The Balaban J connectivity index is 2.10.